The second kappa shape index (κ2) is 9.29. The van der Waals surface area contributed by atoms with Crippen molar-refractivity contribution in [2.45, 2.75) is 38.0 Å². The first-order valence-corrected chi connectivity index (χ1v) is 12.3. The zero-order valence-corrected chi connectivity index (χ0v) is 19.5. The van der Waals surface area contributed by atoms with Crippen LogP contribution in [0.2, 0.25) is 0 Å². The summed E-state index contributed by atoms with van der Waals surface area (Å²) in [4.78, 5) is 16.8. The molecule has 1 aliphatic rings. The van der Waals surface area contributed by atoms with E-state index >= 15 is 0 Å². The van der Waals surface area contributed by atoms with Crippen LogP contribution < -0.4 is 5.73 Å². The fourth-order valence-electron chi connectivity index (χ4n) is 4.06. The normalized spacial score (nSPS) is 15.5. The molecule has 9 heteroatoms. The van der Waals surface area contributed by atoms with Crippen molar-refractivity contribution in [2.75, 3.05) is 13.1 Å². The number of hydrogen-bond acceptors (Lipinski definition) is 5. The molecule has 8 nitrogen and oxygen atoms in total. The second-order valence-corrected chi connectivity index (χ2v) is 10.3. The Hall–Kier alpha value is -3.30. The maximum absolute atomic E-state index is 13.1. The second-order valence-electron chi connectivity index (χ2n) is 8.32. The molecule has 1 saturated heterocycles. The van der Waals surface area contributed by atoms with E-state index in [1.807, 2.05) is 26.0 Å². The lowest BCUT2D eigenvalue weighted by Crippen LogP contribution is -2.35. The predicted molar refractivity (Wildman–Crippen MR) is 127 cm³/mol. The fraction of sp³-hybridized carbons (Fsp3) is 0.292. The van der Waals surface area contributed by atoms with E-state index in [1.54, 1.807) is 18.2 Å². The van der Waals surface area contributed by atoms with Gasteiger partial charge in [0.05, 0.1) is 10.5 Å². The number of nitrogens with two attached hydrogens (primary N) is 1. The van der Waals surface area contributed by atoms with E-state index in [9.17, 15) is 13.2 Å². The van der Waals surface area contributed by atoms with Gasteiger partial charge >= 0.3 is 0 Å². The molecule has 0 unspecified atom stereocenters. The molecule has 0 saturated carbocycles. The Kier molecular flexibility index (Phi) is 6.44. The number of piperidine rings is 1. The Morgan fingerprint density at radius 1 is 1.03 bits per heavy atom. The third-order valence-corrected chi connectivity index (χ3v) is 7.51. The summed E-state index contributed by atoms with van der Waals surface area (Å²) in [6.45, 7) is 5.02. The Balaban J connectivity index is 1.68. The van der Waals surface area contributed by atoms with Crippen LogP contribution in [0.15, 0.2) is 53.7 Å². The predicted octanol–water partition coefficient (Wildman–Crippen LogP) is 3.22. The van der Waals surface area contributed by atoms with Crippen molar-refractivity contribution >= 4 is 27.7 Å². The zero-order valence-electron chi connectivity index (χ0n) is 18.7. The van der Waals surface area contributed by atoms with Crippen LogP contribution in [0.1, 0.15) is 36.0 Å². The highest BCUT2D eigenvalue weighted by Gasteiger charge is 2.26. The Bertz CT molecular complexity index is 1300. The highest BCUT2D eigenvalue weighted by atomic mass is 32.2. The van der Waals surface area contributed by atoms with Crippen molar-refractivity contribution in [3.8, 4) is 11.4 Å². The number of amides is 1. The summed E-state index contributed by atoms with van der Waals surface area (Å²) >= 11 is 0. The average Bonchev–Trinajstić information content (AvgIpc) is 3.26. The van der Waals surface area contributed by atoms with Gasteiger partial charge in [0.2, 0.25) is 10.0 Å². The number of sulfonamides is 1. The number of rotatable bonds is 6. The molecule has 2 N–H and O–H groups in total. The summed E-state index contributed by atoms with van der Waals surface area (Å²) in [5.41, 5.74) is 9.26. The molecular formula is C24H27N5O3S. The molecule has 33 heavy (non-hydrogen) atoms. The van der Waals surface area contributed by atoms with Crippen molar-refractivity contribution in [1.82, 2.24) is 19.1 Å². The van der Waals surface area contributed by atoms with Gasteiger partial charge < -0.3 is 5.73 Å². The molecule has 2 aromatic carbocycles. The van der Waals surface area contributed by atoms with Crippen LogP contribution in [0.5, 0.6) is 0 Å². The number of hydrogen-bond donors (Lipinski definition) is 1. The number of nitrogens with zero attached hydrogens (tertiary/aromatic N) is 4. The van der Waals surface area contributed by atoms with Crippen LogP contribution in [0.25, 0.3) is 23.2 Å². The molecular weight excluding hydrogens is 438 g/mol. The van der Waals surface area contributed by atoms with E-state index in [0.29, 0.717) is 24.5 Å². The minimum absolute atomic E-state index is 0.141. The first kappa shape index (κ1) is 22.9. The molecule has 0 spiro atoms. The summed E-state index contributed by atoms with van der Waals surface area (Å²) in [5.74, 6) is -0.172. The lowest BCUT2D eigenvalue weighted by Gasteiger charge is -2.26. The highest BCUT2D eigenvalue weighted by Crippen LogP contribution is 2.25. The fourth-order valence-corrected chi connectivity index (χ4v) is 5.63. The molecule has 4 rings (SSSR count). The topological polar surface area (TPSA) is 111 Å². The average molecular weight is 466 g/mol. The monoisotopic (exact) mass is 465 g/mol. The largest absolute Gasteiger partial charge is 0.366 e. The van der Waals surface area contributed by atoms with Crippen LogP contribution in [0.3, 0.4) is 0 Å². The van der Waals surface area contributed by atoms with Gasteiger partial charge in [0.1, 0.15) is 6.33 Å². The minimum atomic E-state index is -3.64. The minimum Gasteiger partial charge on any atom is -0.366 e. The van der Waals surface area contributed by atoms with Crippen molar-refractivity contribution < 1.29 is 13.2 Å². The Morgan fingerprint density at radius 3 is 2.39 bits per heavy atom. The van der Waals surface area contributed by atoms with Crippen LogP contribution >= 0.6 is 0 Å². The maximum Gasteiger partial charge on any atom is 0.250 e. The Morgan fingerprint density at radius 2 is 1.73 bits per heavy atom. The number of primary amides is 1. The van der Waals surface area contributed by atoms with Crippen molar-refractivity contribution in [3.63, 3.8) is 0 Å². The standard InChI is InChI=1S/C24H27N5O3S/c1-17-11-18(2)13-20(12-17)24-26-16-28(27-24)15-22(23(25)30)19-7-6-8-21(14-19)33(31,32)29-9-4-3-5-10-29/h6-8,11-16H,3-5,9-10H2,1-2H3,(H2,25,30)/b22-15+. The summed E-state index contributed by atoms with van der Waals surface area (Å²) in [7, 11) is -3.64. The van der Waals surface area contributed by atoms with E-state index in [1.165, 1.54) is 27.6 Å². The van der Waals surface area contributed by atoms with Gasteiger partial charge in [-0.25, -0.2) is 18.1 Å². The third-order valence-electron chi connectivity index (χ3n) is 5.61. The zero-order chi connectivity index (χ0) is 23.6. The number of aryl methyl sites for hydroxylation is 2. The molecule has 0 atom stereocenters. The molecule has 3 aromatic rings. The van der Waals surface area contributed by atoms with Gasteiger partial charge in [-0.05, 0) is 56.5 Å². The van der Waals surface area contributed by atoms with Gasteiger partial charge in [-0.15, -0.1) is 5.10 Å². The van der Waals surface area contributed by atoms with Crippen LogP contribution in [0.4, 0.5) is 0 Å². The summed E-state index contributed by atoms with van der Waals surface area (Å²) in [6.07, 6.45) is 5.68. The molecule has 1 aromatic heterocycles. The van der Waals surface area contributed by atoms with Crippen molar-refractivity contribution in [3.05, 3.63) is 65.5 Å². The number of carbonyl (C=O) groups excluding carboxylic acids is 1. The van der Waals surface area contributed by atoms with Crippen LogP contribution in [0, 0.1) is 13.8 Å². The number of benzene rings is 2. The SMILES string of the molecule is Cc1cc(C)cc(-c2ncn(/C=C(/C(N)=O)c3cccc(S(=O)(=O)N4CCCCC4)c3)n2)c1. The van der Waals surface area contributed by atoms with Gasteiger partial charge in [-0.2, -0.15) is 4.31 Å². The maximum atomic E-state index is 13.1. The smallest absolute Gasteiger partial charge is 0.250 e. The lowest BCUT2D eigenvalue weighted by atomic mass is 10.1. The molecule has 1 aliphatic heterocycles. The van der Waals surface area contributed by atoms with Crippen molar-refractivity contribution in [1.29, 1.82) is 0 Å². The molecule has 172 valence electrons. The van der Waals surface area contributed by atoms with Gasteiger partial charge in [0, 0.05) is 24.9 Å². The van der Waals surface area contributed by atoms with Gasteiger partial charge in [0.15, 0.2) is 5.82 Å². The Labute approximate surface area is 193 Å². The molecule has 2 heterocycles. The van der Waals surface area contributed by atoms with Crippen LogP contribution in [-0.2, 0) is 14.8 Å². The molecule has 0 bridgehead atoms. The van der Waals surface area contributed by atoms with Gasteiger partial charge in [0.25, 0.3) is 5.91 Å². The summed E-state index contributed by atoms with van der Waals surface area (Å²) in [5, 5.41) is 4.45. The molecule has 0 aliphatic carbocycles. The molecule has 1 fully saturated rings. The first-order valence-electron chi connectivity index (χ1n) is 10.9. The van der Waals surface area contributed by atoms with E-state index in [-0.39, 0.29) is 10.5 Å². The number of aromatic nitrogens is 3. The van der Waals surface area contributed by atoms with E-state index < -0.39 is 15.9 Å². The summed E-state index contributed by atoms with van der Waals surface area (Å²) in [6, 6.07) is 12.3. The number of carbonyl (C=O) groups is 1. The van der Waals surface area contributed by atoms with Crippen molar-refractivity contribution in [2.24, 2.45) is 5.73 Å². The first-order chi connectivity index (χ1) is 15.7. The van der Waals surface area contributed by atoms with E-state index in [2.05, 4.69) is 16.1 Å². The lowest BCUT2D eigenvalue weighted by molar-refractivity contribution is -0.112. The van der Waals surface area contributed by atoms with E-state index in [4.69, 9.17) is 5.73 Å². The summed E-state index contributed by atoms with van der Waals surface area (Å²) < 4.78 is 29.0. The quantitative estimate of drug-likeness (QED) is 0.562. The molecule has 0 radical (unpaired) electrons. The highest BCUT2D eigenvalue weighted by molar-refractivity contribution is 7.89. The molecule has 1 amide bonds. The third kappa shape index (κ3) is 5.04. The van der Waals surface area contributed by atoms with Gasteiger partial charge in [-0.1, -0.05) is 35.7 Å². The van der Waals surface area contributed by atoms with Gasteiger partial charge in [-0.3, -0.25) is 4.79 Å². The van der Waals surface area contributed by atoms with E-state index in [0.717, 1.165) is 36.0 Å². The van der Waals surface area contributed by atoms with Crippen LogP contribution in [-0.4, -0.2) is 46.5 Å².